The number of allylic oxidation sites excluding steroid dienone is 1. The summed E-state index contributed by atoms with van der Waals surface area (Å²) in [7, 11) is 0. The van der Waals surface area contributed by atoms with Crippen LogP contribution >= 0.6 is 0 Å². The molecule has 1 aromatic heterocycles. The van der Waals surface area contributed by atoms with Crippen molar-refractivity contribution in [3.05, 3.63) is 54.9 Å². The van der Waals surface area contributed by atoms with Crippen molar-refractivity contribution < 1.29 is 9.53 Å². The topological polar surface area (TPSA) is 64.1 Å². The maximum Gasteiger partial charge on any atom is 0.224 e. The molecule has 1 aromatic carbocycles. The Kier molecular flexibility index (Phi) is 4.44. The van der Waals surface area contributed by atoms with E-state index < -0.39 is 0 Å². The van der Waals surface area contributed by atoms with Crippen molar-refractivity contribution in [2.75, 3.05) is 5.32 Å². The van der Waals surface area contributed by atoms with Gasteiger partial charge in [-0.3, -0.25) is 4.79 Å². The van der Waals surface area contributed by atoms with E-state index >= 15 is 0 Å². The number of benzene rings is 1. The molecule has 1 heterocycles. The first-order chi connectivity index (χ1) is 9.67. The van der Waals surface area contributed by atoms with Crippen molar-refractivity contribution >= 4 is 11.7 Å². The number of hydrogen-bond acceptors (Lipinski definition) is 4. The van der Waals surface area contributed by atoms with Crippen LogP contribution < -0.4 is 10.1 Å². The molecule has 2 aromatic rings. The Hall–Kier alpha value is -2.69. The first kappa shape index (κ1) is 13.7. The monoisotopic (exact) mass is 269 g/mol. The van der Waals surface area contributed by atoms with E-state index in [2.05, 4.69) is 21.9 Å². The van der Waals surface area contributed by atoms with Crippen molar-refractivity contribution in [3.63, 3.8) is 0 Å². The van der Waals surface area contributed by atoms with Crippen LogP contribution in [0.5, 0.6) is 11.6 Å². The lowest BCUT2D eigenvalue weighted by Gasteiger charge is -2.06. The van der Waals surface area contributed by atoms with Gasteiger partial charge in [-0.05, 0) is 24.1 Å². The number of carbonyl (C=O) groups excluding carboxylic acids is 1. The molecule has 0 aliphatic rings. The van der Waals surface area contributed by atoms with E-state index in [0.717, 1.165) is 12.0 Å². The molecule has 102 valence electrons. The molecule has 2 rings (SSSR count). The first-order valence-corrected chi connectivity index (χ1v) is 6.14. The highest BCUT2D eigenvalue weighted by Gasteiger charge is 2.03. The van der Waals surface area contributed by atoms with Crippen LogP contribution in [0.3, 0.4) is 0 Å². The summed E-state index contributed by atoms with van der Waals surface area (Å²) in [6.07, 6.45) is 4.01. The number of hydrogen-bond donors (Lipinski definition) is 1. The second kappa shape index (κ2) is 6.47. The number of ether oxygens (including phenoxy) is 1. The van der Waals surface area contributed by atoms with Gasteiger partial charge in [-0.2, -0.15) is 0 Å². The van der Waals surface area contributed by atoms with Crippen LogP contribution in [-0.4, -0.2) is 15.9 Å². The van der Waals surface area contributed by atoms with Gasteiger partial charge in [-0.1, -0.05) is 18.2 Å². The van der Waals surface area contributed by atoms with Gasteiger partial charge in [0.1, 0.15) is 17.9 Å². The zero-order chi connectivity index (χ0) is 14.4. The molecule has 1 N–H and O–H groups in total. The van der Waals surface area contributed by atoms with Crippen LogP contribution in [-0.2, 0) is 11.2 Å². The molecule has 0 radical (unpaired) electrons. The Morgan fingerprint density at radius 2 is 2.10 bits per heavy atom. The third-order valence-corrected chi connectivity index (χ3v) is 2.47. The number of anilines is 1. The number of nitrogens with zero attached hydrogens (tertiary/aromatic N) is 2. The van der Waals surface area contributed by atoms with Gasteiger partial charge in [-0.15, -0.1) is 6.58 Å². The quantitative estimate of drug-likeness (QED) is 0.847. The fraction of sp³-hybridized carbons (Fsp3) is 0.133. The van der Waals surface area contributed by atoms with Crippen LogP contribution in [0.4, 0.5) is 5.82 Å². The molecule has 5 heteroatoms. The molecular formula is C15H15N3O2. The fourth-order valence-corrected chi connectivity index (χ4v) is 1.62. The molecule has 0 fully saturated rings. The maximum atomic E-state index is 11.0. The highest BCUT2D eigenvalue weighted by Crippen LogP contribution is 2.21. The molecule has 5 nitrogen and oxygen atoms in total. The Labute approximate surface area is 117 Å². The van der Waals surface area contributed by atoms with E-state index in [0.29, 0.717) is 17.4 Å². The second-order valence-corrected chi connectivity index (χ2v) is 4.16. The van der Waals surface area contributed by atoms with Gasteiger partial charge in [0, 0.05) is 13.0 Å². The molecule has 0 bridgehead atoms. The van der Waals surface area contributed by atoms with Crippen molar-refractivity contribution in [2.45, 2.75) is 13.3 Å². The van der Waals surface area contributed by atoms with E-state index in [9.17, 15) is 4.79 Å². The average molecular weight is 269 g/mol. The highest BCUT2D eigenvalue weighted by molar-refractivity contribution is 5.87. The first-order valence-electron chi connectivity index (χ1n) is 6.14. The molecule has 0 unspecified atom stereocenters. The molecule has 0 aliphatic heterocycles. The number of nitrogens with one attached hydrogen (secondary N) is 1. The zero-order valence-corrected chi connectivity index (χ0v) is 11.2. The summed E-state index contributed by atoms with van der Waals surface area (Å²) in [5.74, 6) is 1.26. The lowest BCUT2D eigenvalue weighted by atomic mass is 10.1. The highest BCUT2D eigenvalue weighted by atomic mass is 16.5. The number of aromatic nitrogens is 2. The smallest absolute Gasteiger partial charge is 0.224 e. The number of rotatable bonds is 5. The summed E-state index contributed by atoms with van der Waals surface area (Å²) in [6, 6.07) is 9.22. The van der Waals surface area contributed by atoms with Crippen molar-refractivity contribution in [1.29, 1.82) is 0 Å². The SMILES string of the molecule is C=CCc1ccc(Oc2cc(NC(C)=O)ncn2)cc1. The predicted molar refractivity (Wildman–Crippen MR) is 76.8 cm³/mol. The maximum absolute atomic E-state index is 11.0. The van der Waals surface area contributed by atoms with E-state index in [1.807, 2.05) is 30.3 Å². The molecule has 0 aliphatic carbocycles. The standard InChI is InChI=1S/C15H15N3O2/c1-3-4-12-5-7-13(8-6-12)20-15-9-14(16-10-17-15)18-11(2)19/h3,5-10H,1,4H2,2H3,(H,16,17,18,19). The summed E-state index contributed by atoms with van der Waals surface area (Å²) in [5, 5.41) is 2.58. The summed E-state index contributed by atoms with van der Waals surface area (Å²) >= 11 is 0. The van der Waals surface area contributed by atoms with Crippen molar-refractivity contribution in [3.8, 4) is 11.6 Å². The largest absolute Gasteiger partial charge is 0.439 e. The fourth-order valence-electron chi connectivity index (χ4n) is 1.62. The van der Waals surface area contributed by atoms with Gasteiger partial charge in [0.2, 0.25) is 11.8 Å². The lowest BCUT2D eigenvalue weighted by molar-refractivity contribution is -0.114. The molecule has 20 heavy (non-hydrogen) atoms. The van der Waals surface area contributed by atoms with Gasteiger partial charge < -0.3 is 10.1 Å². The third kappa shape index (κ3) is 3.91. The Bertz CT molecular complexity index is 609. The van der Waals surface area contributed by atoms with E-state index in [1.54, 1.807) is 6.07 Å². The Balaban J connectivity index is 2.09. The van der Waals surface area contributed by atoms with E-state index in [1.165, 1.54) is 13.3 Å². The molecular weight excluding hydrogens is 254 g/mol. The van der Waals surface area contributed by atoms with Crippen LogP contribution in [0, 0.1) is 0 Å². The van der Waals surface area contributed by atoms with Gasteiger partial charge >= 0.3 is 0 Å². The van der Waals surface area contributed by atoms with Crippen LogP contribution in [0.15, 0.2) is 49.3 Å². The summed E-state index contributed by atoms with van der Waals surface area (Å²) < 4.78 is 5.61. The van der Waals surface area contributed by atoms with Gasteiger partial charge in [0.15, 0.2) is 0 Å². The molecule has 1 amide bonds. The Morgan fingerprint density at radius 3 is 2.75 bits per heavy atom. The predicted octanol–water partition coefficient (Wildman–Crippen LogP) is 2.96. The zero-order valence-electron chi connectivity index (χ0n) is 11.2. The van der Waals surface area contributed by atoms with Crippen LogP contribution in [0.1, 0.15) is 12.5 Å². The molecule has 0 saturated carbocycles. The second-order valence-electron chi connectivity index (χ2n) is 4.16. The third-order valence-electron chi connectivity index (χ3n) is 2.47. The molecule has 0 saturated heterocycles. The summed E-state index contributed by atoms with van der Waals surface area (Å²) in [5.41, 5.74) is 1.16. The summed E-state index contributed by atoms with van der Waals surface area (Å²) in [6.45, 7) is 5.11. The minimum atomic E-state index is -0.191. The summed E-state index contributed by atoms with van der Waals surface area (Å²) in [4.78, 5) is 18.9. The van der Waals surface area contributed by atoms with E-state index in [4.69, 9.17) is 4.74 Å². The average Bonchev–Trinajstić information content (AvgIpc) is 2.41. The van der Waals surface area contributed by atoms with Crippen LogP contribution in [0.25, 0.3) is 0 Å². The Morgan fingerprint density at radius 1 is 1.35 bits per heavy atom. The normalized spacial score (nSPS) is 9.85. The van der Waals surface area contributed by atoms with Gasteiger partial charge in [-0.25, -0.2) is 9.97 Å². The molecule has 0 spiro atoms. The van der Waals surface area contributed by atoms with Crippen molar-refractivity contribution in [1.82, 2.24) is 9.97 Å². The number of amides is 1. The van der Waals surface area contributed by atoms with Crippen LogP contribution in [0.2, 0.25) is 0 Å². The minimum Gasteiger partial charge on any atom is -0.439 e. The van der Waals surface area contributed by atoms with Gasteiger partial charge in [0.25, 0.3) is 0 Å². The van der Waals surface area contributed by atoms with E-state index in [-0.39, 0.29) is 5.91 Å². The number of carbonyl (C=O) groups is 1. The lowest BCUT2D eigenvalue weighted by Crippen LogP contribution is -2.07. The van der Waals surface area contributed by atoms with Crippen molar-refractivity contribution in [2.24, 2.45) is 0 Å². The molecule has 0 atom stereocenters. The minimum absolute atomic E-state index is 0.191. The van der Waals surface area contributed by atoms with Gasteiger partial charge in [0.05, 0.1) is 0 Å².